The third-order valence-electron chi connectivity index (χ3n) is 3.19. The monoisotopic (exact) mass is 326 g/mol. The number of hydrogen-bond donors (Lipinski definition) is 0. The van der Waals surface area contributed by atoms with Crippen molar-refractivity contribution in [3.8, 4) is 0 Å². The smallest absolute Gasteiger partial charge is 0.173 e. The molecule has 1 aromatic heterocycles. The Labute approximate surface area is 121 Å². The van der Waals surface area contributed by atoms with Gasteiger partial charge in [-0.05, 0) is 51.5 Å². The molecule has 3 heteroatoms. The Balaban J connectivity index is 2.45. The molecule has 0 bridgehead atoms. The van der Waals surface area contributed by atoms with Crippen molar-refractivity contribution in [1.29, 1.82) is 0 Å². The molecule has 2 aromatic rings. The van der Waals surface area contributed by atoms with Crippen molar-refractivity contribution in [3.05, 3.63) is 57.5 Å². The van der Waals surface area contributed by atoms with E-state index in [9.17, 15) is 0 Å². The van der Waals surface area contributed by atoms with Crippen LogP contribution in [-0.4, -0.2) is 0 Å². The van der Waals surface area contributed by atoms with Crippen molar-refractivity contribution in [2.75, 3.05) is 0 Å². The Morgan fingerprint density at radius 2 is 1.94 bits per heavy atom. The number of aryl methyl sites for hydroxylation is 2. The van der Waals surface area contributed by atoms with Crippen LogP contribution < -0.4 is 0 Å². The predicted octanol–water partition coefficient (Wildman–Crippen LogP) is 5.50. The molecule has 1 unspecified atom stereocenters. The van der Waals surface area contributed by atoms with Crippen molar-refractivity contribution in [2.45, 2.75) is 32.1 Å². The van der Waals surface area contributed by atoms with Crippen molar-refractivity contribution in [2.24, 2.45) is 0 Å². The van der Waals surface area contributed by atoms with Gasteiger partial charge in [0.2, 0.25) is 0 Å². The van der Waals surface area contributed by atoms with Crippen LogP contribution in [0.25, 0.3) is 0 Å². The molecule has 0 aliphatic heterocycles. The number of rotatable bonds is 4. The number of hydrogen-bond acceptors (Lipinski definition) is 1. The minimum absolute atomic E-state index is 0.167. The zero-order chi connectivity index (χ0) is 13.1. The fraction of sp³-hybridized carbons (Fsp3) is 0.333. The highest BCUT2D eigenvalue weighted by Crippen LogP contribution is 2.36. The molecule has 1 nitrogen and oxygen atoms in total. The minimum atomic E-state index is -0.167. The largest absolute Gasteiger partial charge is 0.457 e. The van der Waals surface area contributed by atoms with E-state index in [1.165, 1.54) is 16.7 Å². The molecule has 1 heterocycles. The lowest BCUT2D eigenvalue weighted by molar-refractivity contribution is 0.537. The Kier molecular flexibility index (Phi) is 4.52. The van der Waals surface area contributed by atoms with E-state index in [4.69, 9.17) is 16.0 Å². The third kappa shape index (κ3) is 2.65. The summed E-state index contributed by atoms with van der Waals surface area (Å²) in [6.45, 7) is 4.31. The normalized spacial score (nSPS) is 12.7. The zero-order valence-corrected chi connectivity index (χ0v) is 12.9. The molecule has 0 spiro atoms. The Bertz CT molecular complexity index is 533. The topological polar surface area (TPSA) is 13.1 Å². The molecule has 0 aliphatic rings. The van der Waals surface area contributed by atoms with Crippen LogP contribution in [0.3, 0.4) is 0 Å². The second-order valence-electron chi connectivity index (χ2n) is 4.25. The predicted molar refractivity (Wildman–Crippen MR) is 79.3 cm³/mol. The summed E-state index contributed by atoms with van der Waals surface area (Å²) < 4.78 is 5.98. The maximum atomic E-state index is 6.60. The van der Waals surface area contributed by atoms with Gasteiger partial charge in [-0.1, -0.05) is 32.0 Å². The average molecular weight is 328 g/mol. The van der Waals surface area contributed by atoms with Crippen LogP contribution in [0.5, 0.6) is 0 Å². The average Bonchev–Trinajstić information content (AvgIpc) is 2.83. The molecule has 2 rings (SSSR count). The molecule has 96 valence electrons. The van der Waals surface area contributed by atoms with Crippen molar-refractivity contribution in [3.63, 3.8) is 0 Å². The minimum Gasteiger partial charge on any atom is -0.457 e. The Morgan fingerprint density at radius 3 is 2.50 bits per heavy atom. The third-order valence-corrected chi connectivity index (χ3v) is 4.31. The van der Waals surface area contributed by atoms with E-state index in [1.807, 2.05) is 6.07 Å². The number of halogens is 2. The van der Waals surface area contributed by atoms with E-state index in [-0.39, 0.29) is 5.38 Å². The van der Waals surface area contributed by atoms with E-state index in [0.29, 0.717) is 4.67 Å². The summed E-state index contributed by atoms with van der Waals surface area (Å²) in [5.74, 6) is 0. The molecule has 0 amide bonds. The first-order valence-electron chi connectivity index (χ1n) is 6.16. The maximum Gasteiger partial charge on any atom is 0.173 e. The van der Waals surface area contributed by atoms with Crippen LogP contribution in [0.2, 0.25) is 0 Å². The van der Waals surface area contributed by atoms with E-state index in [0.717, 1.165) is 18.4 Å². The first-order chi connectivity index (χ1) is 8.67. The highest BCUT2D eigenvalue weighted by atomic mass is 79.9. The van der Waals surface area contributed by atoms with Crippen LogP contribution in [-0.2, 0) is 12.8 Å². The molecular formula is C15H16BrClO. The van der Waals surface area contributed by atoms with E-state index < -0.39 is 0 Å². The van der Waals surface area contributed by atoms with Gasteiger partial charge in [0, 0.05) is 5.56 Å². The van der Waals surface area contributed by atoms with E-state index in [2.05, 4.69) is 48.0 Å². The standard InChI is InChI=1S/C15H16BrClO/c1-3-10-5-6-11(4-2)13(9-10)14(17)12-7-8-18-15(12)16/h5-9,14H,3-4H2,1-2H3. The summed E-state index contributed by atoms with van der Waals surface area (Å²) in [4.78, 5) is 0. The molecule has 1 atom stereocenters. The van der Waals surface area contributed by atoms with Gasteiger partial charge in [0.25, 0.3) is 0 Å². The van der Waals surface area contributed by atoms with E-state index >= 15 is 0 Å². The maximum absolute atomic E-state index is 6.60. The van der Waals surface area contributed by atoms with Gasteiger partial charge in [0.15, 0.2) is 4.67 Å². The molecule has 18 heavy (non-hydrogen) atoms. The van der Waals surface area contributed by atoms with Crippen molar-refractivity contribution >= 4 is 27.5 Å². The highest BCUT2D eigenvalue weighted by Gasteiger charge is 2.19. The second kappa shape index (κ2) is 5.94. The summed E-state index contributed by atoms with van der Waals surface area (Å²) in [5, 5.41) is -0.167. The number of benzene rings is 1. The fourth-order valence-electron chi connectivity index (χ4n) is 2.07. The van der Waals surface area contributed by atoms with Gasteiger partial charge in [0.05, 0.1) is 11.6 Å². The van der Waals surface area contributed by atoms with E-state index in [1.54, 1.807) is 6.26 Å². The molecule has 0 saturated heterocycles. The van der Waals surface area contributed by atoms with Crippen LogP contribution in [0.15, 0.2) is 39.6 Å². The van der Waals surface area contributed by atoms with Gasteiger partial charge in [-0.3, -0.25) is 0 Å². The summed E-state index contributed by atoms with van der Waals surface area (Å²) in [6, 6.07) is 8.48. The Hall–Kier alpha value is -0.730. The number of alkyl halides is 1. The summed E-state index contributed by atoms with van der Waals surface area (Å²) in [5.41, 5.74) is 4.77. The van der Waals surface area contributed by atoms with Crippen LogP contribution in [0.1, 0.15) is 41.5 Å². The lowest BCUT2D eigenvalue weighted by Gasteiger charge is -2.15. The van der Waals surface area contributed by atoms with Crippen LogP contribution >= 0.6 is 27.5 Å². The molecule has 0 aliphatic carbocycles. The fourth-order valence-corrected chi connectivity index (χ4v) is 3.05. The summed E-state index contributed by atoms with van der Waals surface area (Å²) in [6.07, 6.45) is 3.66. The van der Waals surface area contributed by atoms with Crippen molar-refractivity contribution < 1.29 is 4.42 Å². The van der Waals surface area contributed by atoms with Gasteiger partial charge in [-0.25, -0.2) is 0 Å². The zero-order valence-electron chi connectivity index (χ0n) is 10.5. The molecular weight excluding hydrogens is 312 g/mol. The molecule has 0 radical (unpaired) electrons. The van der Waals surface area contributed by atoms with Crippen LogP contribution in [0.4, 0.5) is 0 Å². The molecule has 0 N–H and O–H groups in total. The summed E-state index contributed by atoms with van der Waals surface area (Å²) in [7, 11) is 0. The molecule has 0 fully saturated rings. The Morgan fingerprint density at radius 1 is 1.17 bits per heavy atom. The first kappa shape index (κ1) is 13.7. The number of furan rings is 1. The van der Waals surface area contributed by atoms with Gasteiger partial charge in [-0.15, -0.1) is 11.6 Å². The molecule has 1 aromatic carbocycles. The SMILES string of the molecule is CCc1ccc(CC)c(C(Cl)c2ccoc2Br)c1. The lowest BCUT2D eigenvalue weighted by Crippen LogP contribution is -1.99. The van der Waals surface area contributed by atoms with Gasteiger partial charge in [0.1, 0.15) is 0 Å². The van der Waals surface area contributed by atoms with Gasteiger partial charge < -0.3 is 4.42 Å². The van der Waals surface area contributed by atoms with Gasteiger partial charge in [-0.2, -0.15) is 0 Å². The highest BCUT2D eigenvalue weighted by molar-refractivity contribution is 9.10. The lowest BCUT2D eigenvalue weighted by atomic mass is 9.96. The second-order valence-corrected chi connectivity index (χ2v) is 5.41. The summed E-state index contributed by atoms with van der Waals surface area (Å²) >= 11 is 10.00. The van der Waals surface area contributed by atoms with Crippen molar-refractivity contribution in [1.82, 2.24) is 0 Å². The molecule has 0 saturated carbocycles. The first-order valence-corrected chi connectivity index (χ1v) is 7.39. The van der Waals surface area contributed by atoms with Crippen LogP contribution in [0, 0.1) is 0 Å². The quantitative estimate of drug-likeness (QED) is 0.676. The van der Waals surface area contributed by atoms with Gasteiger partial charge >= 0.3 is 0 Å².